The largest absolute Gasteiger partial charge is 0.395 e. The van der Waals surface area contributed by atoms with Crippen molar-refractivity contribution in [3.63, 3.8) is 0 Å². The van der Waals surface area contributed by atoms with E-state index in [-0.39, 0.29) is 12.6 Å². The molecule has 0 bridgehead atoms. The Morgan fingerprint density at radius 3 is 2.63 bits per heavy atom. The first kappa shape index (κ1) is 16.0. The van der Waals surface area contributed by atoms with Crippen molar-refractivity contribution in [3.05, 3.63) is 12.7 Å². The third-order valence-corrected chi connectivity index (χ3v) is 3.88. The highest BCUT2D eigenvalue weighted by Crippen LogP contribution is 2.27. The summed E-state index contributed by atoms with van der Waals surface area (Å²) < 4.78 is 0. The van der Waals surface area contributed by atoms with Crippen LogP contribution in [-0.2, 0) is 0 Å². The summed E-state index contributed by atoms with van der Waals surface area (Å²) in [5.74, 6) is 0.847. The number of hydrogen-bond acceptors (Lipinski definition) is 2. The molecule has 0 heterocycles. The summed E-state index contributed by atoms with van der Waals surface area (Å²) in [6.45, 7) is 6.71. The van der Waals surface area contributed by atoms with E-state index in [1.165, 1.54) is 25.7 Å². The third-order valence-electron chi connectivity index (χ3n) is 3.88. The van der Waals surface area contributed by atoms with Crippen molar-refractivity contribution in [3.8, 4) is 0 Å². The lowest BCUT2D eigenvalue weighted by Gasteiger charge is -2.31. The molecule has 1 fully saturated rings. The molecule has 110 valence electrons. The number of carbonyl (C=O) groups is 1. The fourth-order valence-corrected chi connectivity index (χ4v) is 2.82. The van der Waals surface area contributed by atoms with E-state index in [1.807, 2.05) is 0 Å². The molecular weight excluding hydrogens is 240 g/mol. The van der Waals surface area contributed by atoms with E-state index in [4.69, 9.17) is 5.11 Å². The second kappa shape index (κ2) is 8.97. The van der Waals surface area contributed by atoms with Crippen LogP contribution in [0.4, 0.5) is 4.79 Å². The maximum absolute atomic E-state index is 12.1. The van der Waals surface area contributed by atoms with Gasteiger partial charge >= 0.3 is 6.03 Å². The molecule has 0 radical (unpaired) electrons. The Morgan fingerprint density at radius 2 is 2.11 bits per heavy atom. The van der Waals surface area contributed by atoms with Crippen LogP contribution >= 0.6 is 0 Å². The molecule has 1 aliphatic rings. The van der Waals surface area contributed by atoms with Gasteiger partial charge in [0.1, 0.15) is 0 Å². The van der Waals surface area contributed by atoms with Gasteiger partial charge < -0.3 is 15.3 Å². The topological polar surface area (TPSA) is 52.6 Å². The normalized spacial score (nSPS) is 22.8. The summed E-state index contributed by atoms with van der Waals surface area (Å²) in [5.41, 5.74) is 0. The number of nitrogens with one attached hydrogen (secondary N) is 1. The molecular formula is C15H28N2O2. The minimum absolute atomic E-state index is 0.00942. The SMILES string of the molecule is C=CCN(CCO)C(=O)NC1CCC(CCC)CC1. The average Bonchev–Trinajstić information content (AvgIpc) is 2.41. The van der Waals surface area contributed by atoms with Gasteiger partial charge in [-0.3, -0.25) is 0 Å². The minimum Gasteiger partial charge on any atom is -0.395 e. The van der Waals surface area contributed by atoms with Crippen LogP contribution in [0.25, 0.3) is 0 Å². The summed E-state index contributed by atoms with van der Waals surface area (Å²) in [6.07, 6.45) is 8.86. The fraction of sp³-hybridized carbons (Fsp3) is 0.800. The number of carbonyl (C=O) groups excluding carboxylic acids is 1. The summed E-state index contributed by atoms with van der Waals surface area (Å²) >= 11 is 0. The van der Waals surface area contributed by atoms with E-state index in [2.05, 4.69) is 18.8 Å². The average molecular weight is 268 g/mol. The molecule has 0 unspecified atom stereocenters. The molecule has 0 aromatic carbocycles. The van der Waals surface area contributed by atoms with Gasteiger partial charge in [0.25, 0.3) is 0 Å². The van der Waals surface area contributed by atoms with Gasteiger partial charge in [-0.25, -0.2) is 4.79 Å². The Bertz CT molecular complexity index is 273. The van der Waals surface area contributed by atoms with Gasteiger partial charge in [-0.05, 0) is 31.6 Å². The zero-order valence-electron chi connectivity index (χ0n) is 12.1. The molecule has 0 atom stereocenters. The zero-order chi connectivity index (χ0) is 14.1. The Balaban J connectivity index is 2.34. The Morgan fingerprint density at radius 1 is 1.42 bits per heavy atom. The molecule has 1 rings (SSSR count). The molecule has 2 N–H and O–H groups in total. The monoisotopic (exact) mass is 268 g/mol. The van der Waals surface area contributed by atoms with E-state index < -0.39 is 0 Å². The molecule has 0 spiro atoms. The highest BCUT2D eigenvalue weighted by Gasteiger charge is 2.23. The zero-order valence-corrected chi connectivity index (χ0v) is 12.1. The Kier molecular flexibility index (Phi) is 7.56. The number of amides is 2. The van der Waals surface area contributed by atoms with Crippen LogP contribution in [0.3, 0.4) is 0 Å². The van der Waals surface area contributed by atoms with E-state index in [0.29, 0.717) is 19.1 Å². The van der Waals surface area contributed by atoms with Gasteiger partial charge in [0.15, 0.2) is 0 Å². The first-order valence-corrected chi connectivity index (χ1v) is 7.48. The molecule has 4 nitrogen and oxygen atoms in total. The van der Waals surface area contributed by atoms with Crippen molar-refractivity contribution in [1.82, 2.24) is 10.2 Å². The summed E-state index contributed by atoms with van der Waals surface area (Å²) in [5, 5.41) is 12.0. The van der Waals surface area contributed by atoms with Crippen molar-refractivity contribution in [2.24, 2.45) is 5.92 Å². The predicted octanol–water partition coefficient (Wildman–Crippen LogP) is 2.54. The van der Waals surface area contributed by atoms with Gasteiger partial charge in [0.2, 0.25) is 0 Å². The second-order valence-electron chi connectivity index (χ2n) is 5.41. The number of aliphatic hydroxyl groups is 1. The van der Waals surface area contributed by atoms with E-state index in [0.717, 1.165) is 18.8 Å². The molecule has 0 aliphatic heterocycles. The molecule has 0 saturated heterocycles. The van der Waals surface area contributed by atoms with Gasteiger partial charge in [-0.15, -0.1) is 6.58 Å². The van der Waals surface area contributed by atoms with Gasteiger partial charge in [-0.1, -0.05) is 25.8 Å². The molecule has 2 amide bonds. The first-order valence-electron chi connectivity index (χ1n) is 7.48. The lowest BCUT2D eigenvalue weighted by molar-refractivity contribution is 0.174. The van der Waals surface area contributed by atoms with E-state index in [1.54, 1.807) is 11.0 Å². The van der Waals surface area contributed by atoms with Crippen LogP contribution < -0.4 is 5.32 Å². The number of aliphatic hydroxyl groups excluding tert-OH is 1. The molecule has 1 aliphatic carbocycles. The first-order chi connectivity index (χ1) is 9.21. The molecule has 4 heteroatoms. The lowest BCUT2D eigenvalue weighted by Crippen LogP contribution is -2.47. The van der Waals surface area contributed by atoms with Crippen LogP contribution in [-0.4, -0.2) is 41.8 Å². The van der Waals surface area contributed by atoms with Crippen molar-refractivity contribution < 1.29 is 9.90 Å². The van der Waals surface area contributed by atoms with Crippen LogP contribution in [0, 0.1) is 5.92 Å². The highest BCUT2D eigenvalue weighted by atomic mass is 16.3. The number of urea groups is 1. The smallest absolute Gasteiger partial charge is 0.317 e. The quantitative estimate of drug-likeness (QED) is 0.697. The van der Waals surface area contributed by atoms with Crippen molar-refractivity contribution in [2.45, 2.75) is 51.5 Å². The van der Waals surface area contributed by atoms with E-state index in [9.17, 15) is 4.79 Å². The maximum atomic E-state index is 12.1. The van der Waals surface area contributed by atoms with Crippen molar-refractivity contribution in [1.29, 1.82) is 0 Å². The second-order valence-corrected chi connectivity index (χ2v) is 5.41. The summed E-state index contributed by atoms with van der Waals surface area (Å²) in [7, 11) is 0. The van der Waals surface area contributed by atoms with Crippen LogP contribution in [0.1, 0.15) is 45.4 Å². The number of hydrogen-bond donors (Lipinski definition) is 2. The van der Waals surface area contributed by atoms with Crippen molar-refractivity contribution in [2.75, 3.05) is 19.7 Å². The molecule has 0 aromatic heterocycles. The van der Waals surface area contributed by atoms with Crippen LogP contribution in [0.2, 0.25) is 0 Å². The minimum atomic E-state index is -0.0760. The number of nitrogens with zero attached hydrogens (tertiary/aromatic N) is 1. The predicted molar refractivity (Wildman–Crippen MR) is 78.0 cm³/mol. The van der Waals surface area contributed by atoms with Crippen LogP contribution in [0.5, 0.6) is 0 Å². The van der Waals surface area contributed by atoms with Gasteiger partial charge in [0, 0.05) is 19.1 Å². The molecule has 19 heavy (non-hydrogen) atoms. The lowest BCUT2D eigenvalue weighted by atomic mass is 9.83. The number of rotatable bonds is 7. The molecule has 1 saturated carbocycles. The fourth-order valence-electron chi connectivity index (χ4n) is 2.82. The standard InChI is InChI=1S/C15H28N2O2/c1-3-5-13-6-8-14(9-7-13)16-15(19)17(10-4-2)11-12-18/h4,13-14,18H,2-3,5-12H2,1H3,(H,16,19). The summed E-state index contributed by atoms with van der Waals surface area (Å²) in [4.78, 5) is 13.7. The van der Waals surface area contributed by atoms with Crippen LogP contribution in [0.15, 0.2) is 12.7 Å². The van der Waals surface area contributed by atoms with Gasteiger partial charge in [0.05, 0.1) is 6.61 Å². The van der Waals surface area contributed by atoms with E-state index >= 15 is 0 Å². The molecule has 0 aromatic rings. The Hall–Kier alpha value is -1.03. The Labute approximate surface area is 116 Å². The van der Waals surface area contributed by atoms with Gasteiger partial charge in [-0.2, -0.15) is 0 Å². The maximum Gasteiger partial charge on any atom is 0.317 e. The highest BCUT2D eigenvalue weighted by molar-refractivity contribution is 5.74. The summed E-state index contributed by atoms with van der Waals surface area (Å²) in [6, 6.07) is 0.222. The third kappa shape index (κ3) is 5.64. The van der Waals surface area contributed by atoms with Crippen molar-refractivity contribution >= 4 is 6.03 Å².